The highest BCUT2D eigenvalue weighted by molar-refractivity contribution is 6.30. The van der Waals surface area contributed by atoms with Crippen LogP contribution in [0.1, 0.15) is 24.5 Å². The number of nitrogens with zero attached hydrogens (tertiary/aromatic N) is 3. The highest BCUT2D eigenvalue weighted by Gasteiger charge is 2.21. The third-order valence-corrected chi connectivity index (χ3v) is 3.77. The van der Waals surface area contributed by atoms with E-state index >= 15 is 0 Å². The van der Waals surface area contributed by atoms with Gasteiger partial charge in [0.25, 0.3) is 0 Å². The van der Waals surface area contributed by atoms with Crippen LogP contribution in [0.3, 0.4) is 0 Å². The number of hydrogen-bond acceptors (Lipinski definition) is 5. The van der Waals surface area contributed by atoms with Crippen molar-refractivity contribution < 1.29 is 9.15 Å². The highest BCUT2D eigenvalue weighted by Crippen LogP contribution is 2.21. The molecule has 0 atom stereocenters. The lowest BCUT2D eigenvalue weighted by Crippen LogP contribution is -2.37. The van der Waals surface area contributed by atoms with Gasteiger partial charge >= 0.3 is 0 Å². The third kappa shape index (κ3) is 3.95. The molecule has 0 aromatic carbocycles. The molecule has 112 valence electrons. The smallest absolute Gasteiger partial charge is 0.191 e. The van der Waals surface area contributed by atoms with Crippen molar-refractivity contribution in [1.29, 1.82) is 0 Å². The number of likely N-dealkylation sites (tertiary alicyclic amines) is 1. The molecule has 0 radical (unpaired) electrons. The molecule has 2 aromatic rings. The van der Waals surface area contributed by atoms with Gasteiger partial charge < -0.3 is 9.15 Å². The van der Waals surface area contributed by atoms with Crippen molar-refractivity contribution in [3.8, 4) is 5.75 Å². The molecule has 2 aromatic heterocycles. The Morgan fingerprint density at radius 1 is 1.33 bits per heavy atom. The van der Waals surface area contributed by atoms with Crippen LogP contribution in [0.5, 0.6) is 5.75 Å². The number of rotatable bonds is 4. The van der Waals surface area contributed by atoms with Crippen molar-refractivity contribution in [3.63, 3.8) is 0 Å². The summed E-state index contributed by atoms with van der Waals surface area (Å²) in [5, 5.41) is 0.602. The molecule has 0 spiro atoms. The third-order valence-electron chi connectivity index (χ3n) is 3.57. The fourth-order valence-electron chi connectivity index (χ4n) is 2.53. The fraction of sp³-hybridized carbons (Fsp3) is 0.467. The van der Waals surface area contributed by atoms with Crippen LogP contribution in [-0.4, -0.2) is 34.1 Å². The van der Waals surface area contributed by atoms with Gasteiger partial charge in [0.2, 0.25) is 0 Å². The van der Waals surface area contributed by atoms with E-state index in [1.165, 1.54) is 0 Å². The van der Waals surface area contributed by atoms with E-state index in [0.29, 0.717) is 5.02 Å². The largest absolute Gasteiger partial charge is 0.489 e. The van der Waals surface area contributed by atoms with Gasteiger partial charge in [0.05, 0.1) is 24.0 Å². The molecular weight excluding hydrogens is 290 g/mol. The van der Waals surface area contributed by atoms with E-state index in [0.717, 1.165) is 49.9 Å². The van der Waals surface area contributed by atoms with Gasteiger partial charge in [-0.15, -0.1) is 0 Å². The van der Waals surface area contributed by atoms with Gasteiger partial charge in [-0.3, -0.25) is 9.88 Å². The Morgan fingerprint density at radius 2 is 2.14 bits per heavy atom. The van der Waals surface area contributed by atoms with Crippen LogP contribution in [0.4, 0.5) is 0 Å². The summed E-state index contributed by atoms with van der Waals surface area (Å²) in [6.07, 6.45) is 7.30. The Kier molecular flexibility index (Phi) is 4.41. The van der Waals surface area contributed by atoms with E-state index in [9.17, 15) is 0 Å². The minimum atomic E-state index is 0.220. The van der Waals surface area contributed by atoms with Crippen molar-refractivity contribution in [2.75, 3.05) is 13.1 Å². The van der Waals surface area contributed by atoms with E-state index in [1.54, 1.807) is 24.7 Å². The number of pyridine rings is 1. The van der Waals surface area contributed by atoms with Gasteiger partial charge in [0, 0.05) is 32.3 Å². The Balaban J connectivity index is 1.48. The van der Waals surface area contributed by atoms with E-state index in [-0.39, 0.29) is 6.10 Å². The number of piperidine rings is 1. The second kappa shape index (κ2) is 6.45. The molecule has 0 unspecified atom stereocenters. The summed E-state index contributed by atoms with van der Waals surface area (Å²) >= 11 is 5.91. The van der Waals surface area contributed by atoms with Gasteiger partial charge in [-0.1, -0.05) is 11.6 Å². The van der Waals surface area contributed by atoms with Gasteiger partial charge in [-0.05, 0) is 12.8 Å². The topological polar surface area (TPSA) is 51.4 Å². The van der Waals surface area contributed by atoms with Crippen LogP contribution in [-0.2, 0) is 6.54 Å². The quantitative estimate of drug-likeness (QED) is 0.869. The van der Waals surface area contributed by atoms with E-state index < -0.39 is 0 Å². The minimum Gasteiger partial charge on any atom is -0.489 e. The lowest BCUT2D eigenvalue weighted by atomic mass is 10.1. The van der Waals surface area contributed by atoms with Crippen LogP contribution in [0.15, 0.2) is 29.1 Å². The maximum atomic E-state index is 5.93. The molecule has 1 aliphatic heterocycles. The zero-order valence-corrected chi connectivity index (χ0v) is 12.7. The monoisotopic (exact) mass is 307 g/mol. The van der Waals surface area contributed by atoms with Crippen molar-refractivity contribution in [1.82, 2.24) is 14.9 Å². The Hall–Kier alpha value is -1.59. The summed E-state index contributed by atoms with van der Waals surface area (Å²) in [4.78, 5) is 10.5. The Labute approximate surface area is 128 Å². The van der Waals surface area contributed by atoms with Crippen molar-refractivity contribution in [2.24, 2.45) is 0 Å². The molecule has 1 fully saturated rings. The molecule has 0 N–H and O–H groups in total. The van der Waals surface area contributed by atoms with E-state index in [2.05, 4.69) is 14.9 Å². The molecule has 1 aliphatic rings. The summed E-state index contributed by atoms with van der Waals surface area (Å²) in [7, 11) is 0. The predicted molar refractivity (Wildman–Crippen MR) is 79.4 cm³/mol. The van der Waals surface area contributed by atoms with Gasteiger partial charge in [-0.2, -0.15) is 0 Å². The summed E-state index contributed by atoms with van der Waals surface area (Å²) in [5.41, 5.74) is 0. The first-order chi connectivity index (χ1) is 10.2. The fourth-order valence-corrected chi connectivity index (χ4v) is 2.70. The molecule has 5 nitrogen and oxygen atoms in total. The molecule has 0 saturated carbocycles. The van der Waals surface area contributed by atoms with Crippen molar-refractivity contribution in [3.05, 3.63) is 41.3 Å². The second-order valence-corrected chi connectivity index (χ2v) is 5.71. The van der Waals surface area contributed by atoms with Crippen molar-refractivity contribution in [2.45, 2.75) is 32.4 Å². The molecular formula is C15H18ClN3O2. The molecule has 0 bridgehead atoms. The molecule has 0 amide bonds. The molecule has 0 aliphatic carbocycles. The number of aromatic nitrogens is 2. The summed E-state index contributed by atoms with van der Waals surface area (Å²) in [6.45, 7) is 4.64. The Morgan fingerprint density at radius 3 is 2.81 bits per heavy atom. The lowest BCUT2D eigenvalue weighted by molar-refractivity contribution is 0.0924. The zero-order valence-electron chi connectivity index (χ0n) is 12.0. The maximum Gasteiger partial charge on any atom is 0.191 e. The van der Waals surface area contributed by atoms with Crippen LogP contribution < -0.4 is 4.74 Å². The number of aryl methyl sites for hydroxylation is 1. The Bertz CT molecular complexity index is 594. The van der Waals surface area contributed by atoms with Crippen molar-refractivity contribution >= 4 is 11.6 Å². The van der Waals surface area contributed by atoms with Gasteiger partial charge in [-0.25, -0.2) is 4.98 Å². The average molecular weight is 308 g/mol. The normalized spacial score (nSPS) is 17.0. The first kappa shape index (κ1) is 14.4. The number of hydrogen-bond donors (Lipinski definition) is 0. The summed E-state index contributed by atoms with van der Waals surface area (Å²) < 4.78 is 11.4. The molecule has 21 heavy (non-hydrogen) atoms. The van der Waals surface area contributed by atoms with Gasteiger partial charge in [0.15, 0.2) is 5.89 Å². The van der Waals surface area contributed by atoms with Gasteiger partial charge in [0.1, 0.15) is 17.6 Å². The second-order valence-electron chi connectivity index (χ2n) is 5.28. The molecule has 3 heterocycles. The molecule has 1 saturated heterocycles. The molecule has 6 heteroatoms. The van der Waals surface area contributed by atoms with Crippen LogP contribution in [0.25, 0.3) is 0 Å². The first-order valence-corrected chi connectivity index (χ1v) is 7.48. The zero-order chi connectivity index (χ0) is 14.7. The predicted octanol–water partition coefficient (Wildman–Crippen LogP) is 3.07. The lowest BCUT2D eigenvalue weighted by Gasteiger charge is -2.31. The first-order valence-electron chi connectivity index (χ1n) is 7.10. The average Bonchev–Trinajstić information content (AvgIpc) is 2.86. The summed E-state index contributed by atoms with van der Waals surface area (Å²) in [5.74, 6) is 2.38. The number of oxazole rings is 1. The van der Waals surface area contributed by atoms with Crippen LogP contribution >= 0.6 is 11.6 Å². The standard InChI is InChI=1S/C15H18ClN3O2/c1-11-18-9-15(20-11)10-19-4-2-13(3-5-19)21-14-6-12(16)7-17-8-14/h6-9,13H,2-5,10H2,1H3. The molecule has 3 rings (SSSR count). The summed E-state index contributed by atoms with van der Waals surface area (Å²) in [6, 6.07) is 1.80. The number of ether oxygens (including phenoxy) is 1. The van der Waals surface area contributed by atoms with E-state index in [4.69, 9.17) is 20.8 Å². The highest BCUT2D eigenvalue weighted by atomic mass is 35.5. The van der Waals surface area contributed by atoms with E-state index in [1.807, 2.05) is 6.92 Å². The van der Waals surface area contributed by atoms with Crippen LogP contribution in [0, 0.1) is 6.92 Å². The van der Waals surface area contributed by atoms with Crippen LogP contribution in [0.2, 0.25) is 5.02 Å². The minimum absolute atomic E-state index is 0.220. The SMILES string of the molecule is Cc1ncc(CN2CCC(Oc3cncc(Cl)c3)CC2)o1. The number of halogens is 1. The maximum absolute atomic E-state index is 5.93.